The van der Waals surface area contributed by atoms with Crippen LogP contribution in [-0.4, -0.2) is 16.1 Å². The van der Waals surface area contributed by atoms with Gasteiger partial charge < -0.3 is 5.11 Å². The number of aliphatic carboxylic acids is 1. The van der Waals surface area contributed by atoms with Crippen LogP contribution in [0.15, 0.2) is 12.4 Å². The van der Waals surface area contributed by atoms with Gasteiger partial charge in [-0.15, -0.1) is 0 Å². The number of aromatic nitrogens is 1. The van der Waals surface area contributed by atoms with Crippen molar-refractivity contribution in [1.82, 2.24) is 4.98 Å². The molecular formula is C9H9NO2S. The number of hydrogen-bond donors (Lipinski definition) is 1. The van der Waals surface area contributed by atoms with Crippen molar-refractivity contribution in [2.45, 2.75) is 17.9 Å². The first-order chi connectivity index (χ1) is 6.27. The number of fused-ring (bicyclic) bond motifs is 1. The molecule has 0 radical (unpaired) electrons. The first kappa shape index (κ1) is 8.56. The highest BCUT2D eigenvalue weighted by Gasteiger charge is 2.16. The summed E-state index contributed by atoms with van der Waals surface area (Å²) in [6.07, 6.45) is 3.59. The molecule has 1 aliphatic heterocycles. The van der Waals surface area contributed by atoms with Crippen LogP contribution in [0.4, 0.5) is 0 Å². The molecule has 0 unspecified atom stereocenters. The van der Waals surface area contributed by atoms with Crippen molar-refractivity contribution in [2.75, 3.05) is 0 Å². The Balaban J connectivity index is 2.36. The summed E-state index contributed by atoms with van der Waals surface area (Å²) < 4.78 is 0. The summed E-state index contributed by atoms with van der Waals surface area (Å²) >= 11 is 1.81. The van der Waals surface area contributed by atoms with Gasteiger partial charge in [-0.3, -0.25) is 9.78 Å². The second-order valence-electron chi connectivity index (χ2n) is 3.00. The minimum Gasteiger partial charge on any atom is -0.481 e. The van der Waals surface area contributed by atoms with Gasteiger partial charge in [-0.1, -0.05) is 0 Å². The van der Waals surface area contributed by atoms with Crippen LogP contribution in [0.1, 0.15) is 16.7 Å². The number of hydrogen-bond acceptors (Lipinski definition) is 3. The highest BCUT2D eigenvalue weighted by atomic mass is 32.2. The molecule has 0 fully saturated rings. The molecule has 0 atom stereocenters. The molecule has 0 amide bonds. The molecule has 0 aromatic carbocycles. The maximum atomic E-state index is 10.5. The molecule has 0 saturated heterocycles. The fourth-order valence-electron chi connectivity index (χ4n) is 1.47. The molecule has 3 nitrogen and oxygen atoms in total. The molecule has 0 bridgehead atoms. The van der Waals surface area contributed by atoms with Gasteiger partial charge in [-0.05, 0) is 16.7 Å². The molecule has 1 aliphatic rings. The lowest BCUT2D eigenvalue weighted by molar-refractivity contribution is -0.136. The summed E-state index contributed by atoms with van der Waals surface area (Å²) in [6.45, 7) is 0. The van der Waals surface area contributed by atoms with Crippen molar-refractivity contribution in [1.29, 1.82) is 0 Å². The largest absolute Gasteiger partial charge is 0.481 e. The molecule has 1 aromatic heterocycles. The maximum absolute atomic E-state index is 10.5. The van der Waals surface area contributed by atoms with Crippen LogP contribution >= 0.6 is 11.8 Å². The van der Waals surface area contributed by atoms with Crippen LogP contribution in [0.3, 0.4) is 0 Å². The van der Waals surface area contributed by atoms with E-state index in [9.17, 15) is 4.79 Å². The Labute approximate surface area is 80.2 Å². The molecule has 0 saturated carbocycles. The first-order valence-electron chi connectivity index (χ1n) is 4.01. The normalized spacial score (nSPS) is 14.2. The zero-order chi connectivity index (χ0) is 9.26. The van der Waals surface area contributed by atoms with Gasteiger partial charge >= 0.3 is 5.97 Å². The summed E-state index contributed by atoms with van der Waals surface area (Å²) in [5.41, 5.74) is 3.25. The van der Waals surface area contributed by atoms with Crippen LogP contribution in [0.25, 0.3) is 0 Å². The number of nitrogens with zero attached hydrogens (tertiary/aromatic N) is 1. The Morgan fingerprint density at radius 1 is 1.54 bits per heavy atom. The van der Waals surface area contributed by atoms with E-state index in [0.717, 1.165) is 17.1 Å². The van der Waals surface area contributed by atoms with Crippen LogP contribution in [0.5, 0.6) is 0 Å². The summed E-state index contributed by atoms with van der Waals surface area (Å²) in [6, 6.07) is 0. The van der Waals surface area contributed by atoms with Crippen LogP contribution < -0.4 is 0 Å². The third-order valence-corrected chi connectivity index (χ3v) is 3.09. The molecule has 2 rings (SSSR count). The average Bonchev–Trinajstić information content (AvgIpc) is 2.51. The van der Waals surface area contributed by atoms with E-state index in [0.29, 0.717) is 0 Å². The number of thioether (sulfide) groups is 1. The van der Waals surface area contributed by atoms with Crippen molar-refractivity contribution < 1.29 is 9.90 Å². The van der Waals surface area contributed by atoms with Gasteiger partial charge in [0, 0.05) is 23.9 Å². The molecule has 1 N–H and O–H groups in total. The van der Waals surface area contributed by atoms with Crippen LogP contribution in [0, 0.1) is 0 Å². The zero-order valence-corrected chi connectivity index (χ0v) is 7.80. The van der Waals surface area contributed by atoms with Gasteiger partial charge in [0.25, 0.3) is 0 Å². The van der Waals surface area contributed by atoms with Crippen molar-refractivity contribution in [3.8, 4) is 0 Å². The Morgan fingerprint density at radius 2 is 2.38 bits per heavy atom. The Kier molecular flexibility index (Phi) is 2.22. The van der Waals surface area contributed by atoms with E-state index in [2.05, 4.69) is 4.98 Å². The monoisotopic (exact) mass is 195 g/mol. The predicted molar refractivity (Wildman–Crippen MR) is 50.6 cm³/mol. The van der Waals surface area contributed by atoms with Crippen molar-refractivity contribution in [3.63, 3.8) is 0 Å². The van der Waals surface area contributed by atoms with Gasteiger partial charge in [0.05, 0.1) is 6.42 Å². The van der Waals surface area contributed by atoms with Crippen molar-refractivity contribution in [3.05, 3.63) is 29.1 Å². The fourth-order valence-corrected chi connectivity index (χ4v) is 2.61. The Morgan fingerprint density at radius 3 is 3.15 bits per heavy atom. The summed E-state index contributed by atoms with van der Waals surface area (Å²) in [4.78, 5) is 14.6. The molecular weight excluding hydrogens is 186 g/mol. The summed E-state index contributed by atoms with van der Waals surface area (Å²) in [7, 11) is 0. The van der Waals surface area contributed by atoms with E-state index >= 15 is 0 Å². The van der Waals surface area contributed by atoms with Crippen LogP contribution in [-0.2, 0) is 22.7 Å². The molecule has 2 heterocycles. The first-order valence-corrected chi connectivity index (χ1v) is 5.17. The third-order valence-electron chi connectivity index (χ3n) is 2.08. The lowest BCUT2D eigenvalue weighted by Crippen LogP contribution is -2.04. The molecule has 0 aliphatic carbocycles. The van der Waals surface area contributed by atoms with Gasteiger partial charge in [0.2, 0.25) is 0 Å². The standard InChI is InChI=1S/C9H9NO2S/c11-9(12)1-6-2-10-3-7-4-13-5-8(6)7/h2-3H,1,4-5H2,(H,11,12). The third kappa shape index (κ3) is 1.67. The van der Waals surface area contributed by atoms with Gasteiger partial charge in [0.15, 0.2) is 0 Å². The van der Waals surface area contributed by atoms with E-state index in [-0.39, 0.29) is 6.42 Å². The quantitative estimate of drug-likeness (QED) is 0.776. The van der Waals surface area contributed by atoms with E-state index in [1.54, 1.807) is 6.20 Å². The molecule has 68 valence electrons. The Bertz CT molecular complexity index is 351. The molecule has 0 spiro atoms. The van der Waals surface area contributed by atoms with E-state index < -0.39 is 5.97 Å². The lowest BCUT2D eigenvalue weighted by atomic mass is 10.1. The minimum atomic E-state index is -0.785. The van der Waals surface area contributed by atoms with Crippen molar-refractivity contribution >= 4 is 17.7 Å². The molecule has 4 heteroatoms. The van der Waals surface area contributed by atoms with E-state index in [1.807, 2.05) is 18.0 Å². The minimum absolute atomic E-state index is 0.0940. The second kappa shape index (κ2) is 3.38. The maximum Gasteiger partial charge on any atom is 0.307 e. The number of carbonyl (C=O) groups is 1. The predicted octanol–water partition coefficient (Wildman–Crippen LogP) is 1.46. The number of carboxylic acids is 1. The molecule has 13 heavy (non-hydrogen) atoms. The van der Waals surface area contributed by atoms with Gasteiger partial charge in [0.1, 0.15) is 0 Å². The SMILES string of the molecule is O=C(O)Cc1cncc2c1CSC2. The number of pyridine rings is 1. The van der Waals surface area contributed by atoms with Gasteiger partial charge in [-0.25, -0.2) is 0 Å². The second-order valence-corrected chi connectivity index (χ2v) is 3.99. The summed E-state index contributed by atoms with van der Waals surface area (Å²) in [5, 5.41) is 8.66. The van der Waals surface area contributed by atoms with E-state index in [1.165, 1.54) is 11.1 Å². The van der Waals surface area contributed by atoms with Crippen molar-refractivity contribution in [2.24, 2.45) is 0 Å². The number of carboxylic acid groups (broad SMARTS) is 1. The summed E-state index contributed by atoms with van der Waals surface area (Å²) in [5.74, 6) is 1.11. The lowest BCUT2D eigenvalue weighted by Gasteiger charge is -2.03. The highest BCUT2D eigenvalue weighted by molar-refractivity contribution is 7.98. The van der Waals surface area contributed by atoms with E-state index in [4.69, 9.17) is 5.11 Å². The Hall–Kier alpha value is -1.03. The van der Waals surface area contributed by atoms with Gasteiger partial charge in [-0.2, -0.15) is 11.8 Å². The molecule has 1 aromatic rings. The highest BCUT2D eigenvalue weighted by Crippen LogP contribution is 2.31. The van der Waals surface area contributed by atoms with Crippen LogP contribution in [0.2, 0.25) is 0 Å². The fraction of sp³-hybridized carbons (Fsp3) is 0.333. The zero-order valence-electron chi connectivity index (χ0n) is 6.99. The number of rotatable bonds is 2. The average molecular weight is 195 g/mol. The smallest absolute Gasteiger partial charge is 0.307 e. The topological polar surface area (TPSA) is 50.2 Å².